The maximum atomic E-state index is 13.8. The molecule has 1 atom stereocenters. The summed E-state index contributed by atoms with van der Waals surface area (Å²) in [6.45, 7) is 1.90. The van der Waals surface area contributed by atoms with Crippen molar-refractivity contribution >= 4 is 39.3 Å². The fourth-order valence-electron chi connectivity index (χ4n) is 4.42. The number of amides is 1. The van der Waals surface area contributed by atoms with Crippen molar-refractivity contribution in [3.05, 3.63) is 114 Å². The van der Waals surface area contributed by atoms with E-state index in [2.05, 4.69) is 10.3 Å². The molecular formula is C31H31N3O5S2. The van der Waals surface area contributed by atoms with Crippen molar-refractivity contribution in [2.45, 2.75) is 30.8 Å². The molecule has 0 aliphatic carbocycles. The number of aliphatic carboxylic acids is 1. The number of benzene rings is 3. The predicted molar refractivity (Wildman–Crippen MR) is 163 cm³/mol. The number of hydrogen-bond donors (Lipinski definition) is 2. The normalized spacial score (nSPS) is 12.0. The standard InChI is InChI=1S/C31H31N3O5S2/c1-22-9-6-7-13-26(22)28-19-23(14-15-27(28)30(35)33-29(31(36)37)16-18-40-2)21-34(24-10-8-17-32-20-24)41(38,39)25-11-4-3-5-12-25/h3-15,17,19-20,29H,16,18,21H2,1-2H3,(H,33,35)(H,36,37)/t29-/m0/s1. The molecule has 1 amide bonds. The number of carboxylic acid groups (broad SMARTS) is 1. The van der Waals surface area contributed by atoms with Gasteiger partial charge in [-0.05, 0) is 84.0 Å². The van der Waals surface area contributed by atoms with Gasteiger partial charge in [0.25, 0.3) is 15.9 Å². The maximum absolute atomic E-state index is 13.8. The second-order valence-corrected chi connectivity index (χ2v) is 12.2. The Balaban J connectivity index is 1.78. The van der Waals surface area contributed by atoms with E-state index >= 15 is 0 Å². The van der Waals surface area contributed by atoms with Gasteiger partial charge in [0.2, 0.25) is 0 Å². The first-order chi connectivity index (χ1) is 19.7. The van der Waals surface area contributed by atoms with Crippen LogP contribution in [0.3, 0.4) is 0 Å². The van der Waals surface area contributed by atoms with Crippen LogP contribution in [0.2, 0.25) is 0 Å². The summed E-state index contributed by atoms with van der Waals surface area (Å²) in [6.07, 6.45) is 5.23. The molecule has 41 heavy (non-hydrogen) atoms. The van der Waals surface area contributed by atoms with Gasteiger partial charge in [-0.25, -0.2) is 13.2 Å². The lowest BCUT2D eigenvalue weighted by molar-refractivity contribution is -0.139. The molecule has 2 N–H and O–H groups in total. The number of carbonyl (C=O) groups is 2. The molecule has 0 saturated carbocycles. The first-order valence-electron chi connectivity index (χ1n) is 12.9. The van der Waals surface area contributed by atoms with Gasteiger partial charge in [-0.1, -0.05) is 48.5 Å². The second-order valence-electron chi connectivity index (χ2n) is 9.38. The number of rotatable bonds is 12. The van der Waals surface area contributed by atoms with Crippen molar-refractivity contribution in [2.24, 2.45) is 0 Å². The summed E-state index contributed by atoms with van der Waals surface area (Å²) in [4.78, 5) is 29.5. The third-order valence-corrected chi connectivity index (χ3v) is 9.00. The highest BCUT2D eigenvalue weighted by Crippen LogP contribution is 2.31. The molecule has 0 fully saturated rings. The van der Waals surface area contributed by atoms with Gasteiger partial charge in [0, 0.05) is 11.8 Å². The largest absolute Gasteiger partial charge is 0.480 e. The minimum atomic E-state index is -3.95. The molecular weight excluding hydrogens is 558 g/mol. The number of nitrogens with one attached hydrogen (secondary N) is 1. The van der Waals surface area contributed by atoms with E-state index in [0.717, 1.165) is 11.1 Å². The highest BCUT2D eigenvalue weighted by Gasteiger charge is 2.27. The van der Waals surface area contributed by atoms with E-state index in [0.29, 0.717) is 28.1 Å². The van der Waals surface area contributed by atoms with Crippen LogP contribution in [0.15, 0.2) is 102 Å². The molecule has 0 bridgehead atoms. The van der Waals surface area contributed by atoms with Crippen LogP contribution >= 0.6 is 11.8 Å². The number of nitrogens with zero attached hydrogens (tertiary/aromatic N) is 2. The summed E-state index contributed by atoms with van der Waals surface area (Å²) >= 11 is 1.51. The molecule has 8 nitrogen and oxygen atoms in total. The van der Waals surface area contributed by atoms with Crippen molar-refractivity contribution in [3.63, 3.8) is 0 Å². The molecule has 4 aromatic rings. The molecule has 0 aliphatic rings. The molecule has 0 radical (unpaired) electrons. The van der Waals surface area contributed by atoms with Crippen LogP contribution in [-0.4, -0.2) is 48.4 Å². The Hall–Kier alpha value is -4.15. The van der Waals surface area contributed by atoms with Gasteiger partial charge in [-0.2, -0.15) is 11.8 Å². The third kappa shape index (κ3) is 7.14. The van der Waals surface area contributed by atoms with E-state index in [1.807, 2.05) is 37.4 Å². The number of aromatic nitrogens is 1. The van der Waals surface area contributed by atoms with Crippen molar-refractivity contribution < 1.29 is 23.1 Å². The van der Waals surface area contributed by atoms with Crippen molar-refractivity contribution in [3.8, 4) is 11.1 Å². The van der Waals surface area contributed by atoms with Gasteiger partial charge < -0.3 is 10.4 Å². The van der Waals surface area contributed by atoms with Crippen LogP contribution in [0, 0.1) is 6.92 Å². The lowest BCUT2D eigenvalue weighted by Crippen LogP contribution is -2.41. The zero-order valence-electron chi connectivity index (χ0n) is 22.7. The van der Waals surface area contributed by atoms with Crippen LogP contribution < -0.4 is 9.62 Å². The average Bonchev–Trinajstić information content (AvgIpc) is 2.98. The number of aryl methyl sites for hydroxylation is 1. The van der Waals surface area contributed by atoms with Crippen LogP contribution in [-0.2, 0) is 21.4 Å². The van der Waals surface area contributed by atoms with Crippen LogP contribution in [0.5, 0.6) is 0 Å². The molecule has 0 spiro atoms. The topological polar surface area (TPSA) is 117 Å². The van der Waals surface area contributed by atoms with Gasteiger partial charge in [0.15, 0.2) is 0 Å². The fourth-order valence-corrected chi connectivity index (χ4v) is 6.35. The summed E-state index contributed by atoms with van der Waals surface area (Å²) in [5.74, 6) is -1.02. The number of hydrogen-bond acceptors (Lipinski definition) is 6. The zero-order valence-corrected chi connectivity index (χ0v) is 24.4. The van der Waals surface area contributed by atoms with Crippen LogP contribution in [0.1, 0.15) is 27.9 Å². The Morgan fingerprint density at radius 2 is 1.71 bits per heavy atom. The van der Waals surface area contributed by atoms with Gasteiger partial charge in [0.05, 0.1) is 23.3 Å². The molecule has 0 saturated heterocycles. The van der Waals surface area contributed by atoms with Gasteiger partial charge in [0.1, 0.15) is 6.04 Å². The molecule has 1 aromatic heterocycles. The predicted octanol–water partition coefficient (Wildman–Crippen LogP) is 5.39. The lowest BCUT2D eigenvalue weighted by Gasteiger charge is -2.25. The van der Waals surface area contributed by atoms with E-state index in [1.54, 1.807) is 66.9 Å². The minimum Gasteiger partial charge on any atom is -0.480 e. The second kappa shape index (κ2) is 13.5. The quantitative estimate of drug-likeness (QED) is 0.228. The number of sulfonamides is 1. The Morgan fingerprint density at radius 3 is 2.37 bits per heavy atom. The van der Waals surface area contributed by atoms with Crippen molar-refractivity contribution in [2.75, 3.05) is 16.3 Å². The van der Waals surface area contributed by atoms with Gasteiger partial charge >= 0.3 is 5.97 Å². The SMILES string of the molecule is CSCC[C@H](NC(=O)c1ccc(CN(c2cccnc2)S(=O)(=O)c2ccccc2)cc1-c1ccccc1C)C(=O)O. The number of pyridine rings is 1. The van der Waals surface area contributed by atoms with E-state index < -0.39 is 27.9 Å². The van der Waals surface area contributed by atoms with E-state index in [1.165, 1.54) is 22.3 Å². The monoisotopic (exact) mass is 589 g/mol. The minimum absolute atomic E-state index is 0.0187. The first-order valence-corrected chi connectivity index (χ1v) is 15.7. The zero-order chi connectivity index (χ0) is 29.4. The number of carbonyl (C=O) groups excluding carboxylic acids is 1. The van der Waals surface area contributed by atoms with Crippen LogP contribution in [0.4, 0.5) is 5.69 Å². The smallest absolute Gasteiger partial charge is 0.326 e. The molecule has 1 heterocycles. The van der Waals surface area contributed by atoms with Crippen molar-refractivity contribution in [1.29, 1.82) is 0 Å². The maximum Gasteiger partial charge on any atom is 0.326 e. The van der Waals surface area contributed by atoms with Gasteiger partial charge in [-0.3, -0.25) is 14.1 Å². The van der Waals surface area contributed by atoms with Crippen molar-refractivity contribution in [1.82, 2.24) is 10.3 Å². The highest BCUT2D eigenvalue weighted by atomic mass is 32.2. The average molecular weight is 590 g/mol. The Kier molecular flexibility index (Phi) is 9.80. The summed E-state index contributed by atoms with van der Waals surface area (Å²) in [6, 6.07) is 23.1. The molecule has 0 aliphatic heterocycles. The third-order valence-electron chi connectivity index (χ3n) is 6.57. The molecule has 0 unspecified atom stereocenters. The summed E-state index contributed by atoms with van der Waals surface area (Å²) in [5, 5.41) is 12.3. The Labute approximate surface area is 244 Å². The Bertz CT molecular complexity index is 1610. The highest BCUT2D eigenvalue weighted by molar-refractivity contribution is 7.98. The summed E-state index contributed by atoms with van der Waals surface area (Å²) in [7, 11) is -3.95. The fraction of sp³-hybridized carbons (Fsp3) is 0.194. The number of thioether (sulfide) groups is 1. The molecule has 3 aromatic carbocycles. The van der Waals surface area contributed by atoms with E-state index in [4.69, 9.17) is 0 Å². The Morgan fingerprint density at radius 1 is 0.976 bits per heavy atom. The first kappa shape index (κ1) is 29.8. The summed E-state index contributed by atoms with van der Waals surface area (Å²) < 4.78 is 28.8. The lowest BCUT2D eigenvalue weighted by atomic mass is 9.93. The van der Waals surface area contributed by atoms with Crippen LogP contribution in [0.25, 0.3) is 11.1 Å². The number of anilines is 1. The van der Waals surface area contributed by atoms with Gasteiger partial charge in [-0.15, -0.1) is 0 Å². The van der Waals surface area contributed by atoms with E-state index in [-0.39, 0.29) is 17.9 Å². The number of carboxylic acids is 1. The van der Waals surface area contributed by atoms with E-state index in [9.17, 15) is 23.1 Å². The molecule has 4 rings (SSSR count). The summed E-state index contributed by atoms with van der Waals surface area (Å²) in [5.41, 5.74) is 3.62. The molecule has 212 valence electrons. The molecule has 10 heteroatoms.